The van der Waals surface area contributed by atoms with Gasteiger partial charge in [0.1, 0.15) is 0 Å². The Labute approximate surface area is 129 Å². The second kappa shape index (κ2) is 2.87. The fourth-order valence-electron chi connectivity index (χ4n) is 8.27. The molecular weight excluding hydrogens is 291 g/mol. The number of nitrogens with zero attached hydrogens (tertiary/aromatic N) is 2. The van der Waals surface area contributed by atoms with Gasteiger partial charge in [0.15, 0.2) is 4.46 Å². The summed E-state index contributed by atoms with van der Waals surface area (Å²) in [5, 5.41) is 5.21. The van der Waals surface area contributed by atoms with Crippen molar-refractivity contribution in [1.29, 1.82) is 0 Å². The fourth-order valence-corrected chi connectivity index (χ4v) is 9.26. The first kappa shape index (κ1) is 10.9. The minimum absolute atomic E-state index is 0.523. The van der Waals surface area contributed by atoms with Gasteiger partial charge in [0.05, 0.1) is 0 Å². The SMILES string of the molecule is ClC1(Cl)C2C3CCC4C5C3C3C6CC=CC6C5N(C42)N31. The lowest BCUT2D eigenvalue weighted by atomic mass is 9.45. The Morgan fingerprint density at radius 3 is 2.65 bits per heavy atom. The van der Waals surface area contributed by atoms with Crippen molar-refractivity contribution in [2.75, 3.05) is 0 Å². The third-order valence-electron chi connectivity index (χ3n) is 8.27. The third-order valence-corrected chi connectivity index (χ3v) is 9.12. The van der Waals surface area contributed by atoms with Crippen LogP contribution in [0.15, 0.2) is 12.2 Å². The van der Waals surface area contributed by atoms with Gasteiger partial charge in [0.25, 0.3) is 0 Å². The van der Waals surface area contributed by atoms with Gasteiger partial charge in [-0.1, -0.05) is 35.4 Å². The Morgan fingerprint density at radius 1 is 0.950 bits per heavy atom. The molecule has 20 heavy (non-hydrogen) atoms. The maximum atomic E-state index is 6.96. The summed E-state index contributed by atoms with van der Waals surface area (Å²) in [4.78, 5) is 0. The molecule has 0 amide bonds. The van der Waals surface area contributed by atoms with E-state index < -0.39 is 4.46 Å². The molecule has 9 rings (SSSR count). The molecular formula is C16H18Cl2N2. The minimum atomic E-state index is -0.605. The van der Waals surface area contributed by atoms with Crippen molar-refractivity contribution in [3.05, 3.63) is 12.2 Å². The monoisotopic (exact) mass is 308 g/mol. The van der Waals surface area contributed by atoms with Crippen LogP contribution in [0.25, 0.3) is 0 Å². The summed E-state index contributed by atoms with van der Waals surface area (Å²) in [5.74, 6) is 5.69. The van der Waals surface area contributed by atoms with E-state index in [1.54, 1.807) is 0 Å². The quantitative estimate of drug-likeness (QED) is 0.386. The number of rotatable bonds is 0. The maximum absolute atomic E-state index is 6.96. The van der Waals surface area contributed by atoms with Crippen LogP contribution in [0, 0.1) is 41.4 Å². The van der Waals surface area contributed by atoms with Crippen LogP contribution in [0.4, 0.5) is 0 Å². The molecule has 8 fully saturated rings. The number of fused-ring (bicyclic) bond motifs is 1. The van der Waals surface area contributed by atoms with Gasteiger partial charge < -0.3 is 0 Å². The molecule has 7 bridgehead atoms. The van der Waals surface area contributed by atoms with Gasteiger partial charge in [0.2, 0.25) is 0 Å². The molecule has 9 aliphatic rings. The fraction of sp³-hybridized carbons (Fsp3) is 0.875. The molecule has 10 unspecified atom stereocenters. The predicted octanol–water partition coefficient (Wildman–Crippen LogP) is 2.88. The normalized spacial score (nSPS) is 69.7. The van der Waals surface area contributed by atoms with E-state index in [0.717, 1.165) is 41.5 Å². The number of hydrazine groups is 1. The molecule has 4 heteroatoms. The Morgan fingerprint density at radius 2 is 1.75 bits per heavy atom. The first-order valence-corrected chi connectivity index (χ1v) is 9.09. The first-order chi connectivity index (χ1) is 9.71. The van der Waals surface area contributed by atoms with Crippen LogP contribution in [0.1, 0.15) is 19.3 Å². The summed E-state index contributed by atoms with van der Waals surface area (Å²) in [5.41, 5.74) is 0. The zero-order valence-corrected chi connectivity index (χ0v) is 12.7. The van der Waals surface area contributed by atoms with Crippen LogP contribution in [-0.2, 0) is 0 Å². The van der Waals surface area contributed by atoms with Gasteiger partial charge >= 0.3 is 0 Å². The molecule has 0 aromatic heterocycles. The van der Waals surface area contributed by atoms with Crippen LogP contribution >= 0.6 is 23.2 Å². The Balaban J connectivity index is 1.56. The Bertz CT molecular complexity index is 575. The lowest BCUT2D eigenvalue weighted by Crippen LogP contribution is -2.76. The van der Waals surface area contributed by atoms with Crippen molar-refractivity contribution >= 4 is 23.2 Å². The van der Waals surface area contributed by atoms with Gasteiger partial charge in [-0.05, 0) is 54.8 Å². The smallest absolute Gasteiger partial charge is 0.188 e. The molecule has 0 N–H and O–H groups in total. The largest absolute Gasteiger partial charge is 0.231 e. The van der Waals surface area contributed by atoms with Gasteiger partial charge in [-0.25, -0.2) is 10.0 Å². The van der Waals surface area contributed by atoms with Crippen molar-refractivity contribution in [3.63, 3.8) is 0 Å². The van der Waals surface area contributed by atoms with Crippen molar-refractivity contribution < 1.29 is 0 Å². The zero-order chi connectivity index (χ0) is 13.0. The van der Waals surface area contributed by atoms with Gasteiger partial charge in [-0.15, -0.1) is 0 Å². The molecule has 4 saturated carbocycles. The minimum Gasteiger partial charge on any atom is -0.231 e. The highest BCUT2D eigenvalue weighted by Crippen LogP contribution is 2.78. The summed E-state index contributed by atoms with van der Waals surface area (Å²) >= 11 is 13.9. The number of hydrogen-bond acceptors (Lipinski definition) is 2. The summed E-state index contributed by atoms with van der Waals surface area (Å²) in [6.07, 6.45) is 9.05. The van der Waals surface area contributed by atoms with Crippen LogP contribution < -0.4 is 0 Å². The Kier molecular flexibility index (Phi) is 1.56. The van der Waals surface area contributed by atoms with E-state index in [-0.39, 0.29) is 0 Å². The molecule has 4 heterocycles. The van der Waals surface area contributed by atoms with E-state index in [1.807, 2.05) is 0 Å². The topological polar surface area (TPSA) is 6.48 Å². The molecule has 0 radical (unpaired) electrons. The molecule has 4 aliphatic heterocycles. The summed E-state index contributed by atoms with van der Waals surface area (Å²) in [6, 6.07) is 2.04. The van der Waals surface area contributed by atoms with Crippen LogP contribution in [0.3, 0.4) is 0 Å². The van der Waals surface area contributed by atoms with Crippen molar-refractivity contribution in [1.82, 2.24) is 10.0 Å². The van der Waals surface area contributed by atoms with Crippen LogP contribution in [0.5, 0.6) is 0 Å². The highest BCUT2D eigenvalue weighted by atomic mass is 35.5. The van der Waals surface area contributed by atoms with E-state index in [0.29, 0.717) is 18.0 Å². The lowest BCUT2D eigenvalue weighted by molar-refractivity contribution is -0.237. The lowest BCUT2D eigenvalue weighted by Gasteiger charge is -2.68. The van der Waals surface area contributed by atoms with E-state index in [9.17, 15) is 0 Å². The average Bonchev–Trinajstić information content (AvgIpc) is 3.06. The van der Waals surface area contributed by atoms with E-state index >= 15 is 0 Å². The first-order valence-electron chi connectivity index (χ1n) is 8.33. The van der Waals surface area contributed by atoms with Gasteiger partial charge in [-0.2, -0.15) is 0 Å². The third kappa shape index (κ3) is 0.782. The molecule has 0 aromatic rings. The van der Waals surface area contributed by atoms with Gasteiger partial charge in [0, 0.05) is 24.0 Å². The molecule has 2 nitrogen and oxygen atoms in total. The maximum Gasteiger partial charge on any atom is 0.188 e. The number of allylic oxidation sites excluding steroid dienone is 1. The van der Waals surface area contributed by atoms with Crippen LogP contribution in [-0.4, -0.2) is 32.6 Å². The van der Waals surface area contributed by atoms with E-state index in [1.165, 1.54) is 19.3 Å². The molecule has 4 saturated heterocycles. The number of halogens is 2. The zero-order valence-electron chi connectivity index (χ0n) is 11.2. The standard InChI is InChI=1S/C16H18Cl2N2/c17-16(18)12-8-4-5-9-11-10(8)14-7-3-1-2-6(7)13(11)19(15(9)12)20(14)16/h1-2,6-15H,3-5H2. The van der Waals surface area contributed by atoms with Gasteiger partial charge in [-0.3, -0.25) is 0 Å². The second-order valence-electron chi connectivity index (χ2n) is 8.27. The van der Waals surface area contributed by atoms with Crippen molar-refractivity contribution in [2.24, 2.45) is 41.4 Å². The highest BCUT2D eigenvalue weighted by molar-refractivity contribution is 6.48. The molecule has 0 spiro atoms. The summed E-state index contributed by atoms with van der Waals surface area (Å²) < 4.78 is -0.605. The molecule has 5 aliphatic carbocycles. The predicted molar refractivity (Wildman–Crippen MR) is 76.9 cm³/mol. The number of hydrogen-bond donors (Lipinski definition) is 0. The summed E-state index contributed by atoms with van der Waals surface area (Å²) in [6.45, 7) is 0. The molecule has 106 valence electrons. The van der Waals surface area contributed by atoms with Crippen LogP contribution in [0.2, 0.25) is 0 Å². The number of alkyl halides is 2. The van der Waals surface area contributed by atoms with E-state index in [4.69, 9.17) is 23.2 Å². The summed E-state index contributed by atoms with van der Waals surface area (Å²) in [7, 11) is 0. The van der Waals surface area contributed by atoms with E-state index in [2.05, 4.69) is 22.2 Å². The van der Waals surface area contributed by atoms with Crippen molar-refractivity contribution in [3.8, 4) is 0 Å². The highest BCUT2D eigenvalue weighted by Gasteiger charge is 2.84. The average molecular weight is 309 g/mol. The second-order valence-corrected chi connectivity index (χ2v) is 9.62. The number of piperidine rings is 1. The molecule has 10 atom stereocenters. The molecule has 0 aromatic carbocycles. The Hall–Kier alpha value is 0.240. The van der Waals surface area contributed by atoms with Crippen molar-refractivity contribution in [2.45, 2.75) is 41.8 Å².